The number of hydrogen-bond donors (Lipinski definition) is 0. The summed E-state index contributed by atoms with van der Waals surface area (Å²) in [4.78, 5) is 4.56. The Labute approximate surface area is 133 Å². The van der Waals surface area contributed by atoms with E-state index in [0.29, 0.717) is 18.7 Å². The number of sulfone groups is 1. The maximum Gasteiger partial charge on any atom is 0.151 e. The van der Waals surface area contributed by atoms with E-state index < -0.39 is 9.84 Å². The Balaban J connectivity index is 1.75. The molecule has 0 spiro atoms. The molecule has 0 amide bonds. The molecule has 2 aromatic heterocycles. The lowest BCUT2D eigenvalue weighted by Crippen LogP contribution is -2.03. The number of nitrogens with zero attached hydrogens (tertiary/aromatic N) is 4. The van der Waals surface area contributed by atoms with E-state index in [2.05, 4.69) is 28.8 Å². The zero-order valence-corrected chi connectivity index (χ0v) is 14.0. The fourth-order valence-corrected chi connectivity index (χ4v) is 5.22. The van der Waals surface area contributed by atoms with Gasteiger partial charge >= 0.3 is 0 Å². The predicted octanol–water partition coefficient (Wildman–Crippen LogP) is 2.27. The Bertz CT molecular complexity index is 791. The summed E-state index contributed by atoms with van der Waals surface area (Å²) < 4.78 is 24.9. The van der Waals surface area contributed by atoms with Crippen LogP contribution in [0.25, 0.3) is 11.4 Å². The lowest BCUT2D eigenvalue weighted by Gasteiger charge is -2.01. The largest absolute Gasteiger partial charge is 0.248 e. The highest BCUT2D eigenvalue weighted by Gasteiger charge is 2.31. The highest BCUT2D eigenvalue weighted by atomic mass is 32.2. The van der Waals surface area contributed by atoms with Crippen LogP contribution >= 0.6 is 11.3 Å². The summed E-state index contributed by atoms with van der Waals surface area (Å²) in [6.07, 6.45) is 3.43. The van der Waals surface area contributed by atoms with Crippen LogP contribution in [0.2, 0.25) is 0 Å². The van der Waals surface area contributed by atoms with Crippen molar-refractivity contribution in [1.82, 2.24) is 20.0 Å². The van der Waals surface area contributed by atoms with Gasteiger partial charge in [0.25, 0.3) is 0 Å². The molecule has 2 aromatic rings. The van der Waals surface area contributed by atoms with Crippen LogP contribution in [0.1, 0.15) is 30.7 Å². The van der Waals surface area contributed by atoms with Crippen molar-refractivity contribution in [1.29, 1.82) is 0 Å². The van der Waals surface area contributed by atoms with Crippen LogP contribution in [0.15, 0.2) is 23.7 Å². The van der Waals surface area contributed by atoms with Crippen LogP contribution in [0.5, 0.6) is 0 Å². The number of aromatic nitrogens is 4. The van der Waals surface area contributed by atoms with Gasteiger partial charge in [-0.3, -0.25) is 0 Å². The van der Waals surface area contributed by atoms with Crippen molar-refractivity contribution in [2.24, 2.45) is 0 Å². The van der Waals surface area contributed by atoms with Crippen LogP contribution < -0.4 is 0 Å². The zero-order valence-electron chi connectivity index (χ0n) is 12.4. The Kier molecular flexibility index (Phi) is 4.14. The van der Waals surface area contributed by atoms with Crippen molar-refractivity contribution in [2.45, 2.75) is 32.2 Å². The second kappa shape index (κ2) is 5.92. The fourth-order valence-electron chi connectivity index (χ4n) is 2.42. The monoisotopic (exact) mass is 338 g/mol. The van der Waals surface area contributed by atoms with Gasteiger partial charge in [0.1, 0.15) is 11.4 Å². The molecule has 6 nitrogen and oxygen atoms in total. The van der Waals surface area contributed by atoms with E-state index in [0.717, 1.165) is 22.7 Å². The first kappa shape index (κ1) is 15.4. The topological polar surface area (TPSA) is 77.7 Å². The standard InChI is InChI=1S/C14H18N4O2S2/c1-3-10(2)6-18-7-12(16-17-18)13-8-21-14(15-13)11-4-5-22(19,20)9-11/h7-8,11H,2-6,9H2,1H3. The van der Waals surface area contributed by atoms with Gasteiger partial charge in [-0.25, -0.2) is 18.1 Å². The molecule has 118 valence electrons. The van der Waals surface area contributed by atoms with E-state index in [4.69, 9.17) is 0 Å². The normalized spacial score (nSPS) is 20.3. The molecular weight excluding hydrogens is 320 g/mol. The second-order valence-corrected chi connectivity index (χ2v) is 8.69. The molecule has 1 fully saturated rings. The Morgan fingerprint density at radius 1 is 1.50 bits per heavy atom. The van der Waals surface area contributed by atoms with Crippen molar-refractivity contribution >= 4 is 21.2 Å². The molecule has 0 aromatic carbocycles. The first-order valence-corrected chi connectivity index (χ1v) is 9.90. The average molecular weight is 338 g/mol. The molecule has 1 aliphatic heterocycles. The summed E-state index contributed by atoms with van der Waals surface area (Å²) in [6.45, 7) is 6.67. The molecule has 0 saturated carbocycles. The van der Waals surface area contributed by atoms with E-state index in [-0.39, 0.29) is 17.4 Å². The molecule has 1 atom stereocenters. The van der Waals surface area contributed by atoms with Crippen LogP contribution in [-0.4, -0.2) is 39.9 Å². The molecule has 3 heterocycles. The summed E-state index contributed by atoms with van der Waals surface area (Å²) >= 11 is 1.50. The number of rotatable bonds is 5. The van der Waals surface area contributed by atoms with Gasteiger partial charge in [-0.2, -0.15) is 0 Å². The first-order chi connectivity index (χ1) is 10.5. The highest BCUT2D eigenvalue weighted by molar-refractivity contribution is 7.91. The number of hydrogen-bond acceptors (Lipinski definition) is 6. The lowest BCUT2D eigenvalue weighted by atomic mass is 10.1. The summed E-state index contributed by atoms with van der Waals surface area (Å²) in [5.74, 6) is 0.504. The van der Waals surface area contributed by atoms with Crippen LogP contribution in [-0.2, 0) is 16.4 Å². The summed E-state index contributed by atoms with van der Waals surface area (Å²) in [5, 5.41) is 11.0. The van der Waals surface area contributed by atoms with Crippen molar-refractivity contribution < 1.29 is 8.42 Å². The molecule has 1 saturated heterocycles. The van der Waals surface area contributed by atoms with Gasteiger partial charge in [0.2, 0.25) is 0 Å². The smallest absolute Gasteiger partial charge is 0.151 e. The third-order valence-electron chi connectivity index (χ3n) is 3.79. The molecule has 0 aliphatic carbocycles. The van der Waals surface area contributed by atoms with Crippen molar-refractivity contribution in [3.05, 3.63) is 28.7 Å². The Morgan fingerprint density at radius 2 is 2.32 bits per heavy atom. The maximum atomic E-state index is 11.6. The quantitative estimate of drug-likeness (QED) is 0.782. The minimum atomic E-state index is -2.89. The van der Waals surface area contributed by atoms with Gasteiger partial charge in [-0.15, -0.1) is 16.4 Å². The van der Waals surface area contributed by atoms with E-state index in [1.807, 2.05) is 11.6 Å². The minimum Gasteiger partial charge on any atom is -0.248 e. The van der Waals surface area contributed by atoms with E-state index >= 15 is 0 Å². The average Bonchev–Trinajstić information content (AvgIpc) is 3.17. The molecule has 8 heteroatoms. The molecular formula is C14H18N4O2S2. The third-order valence-corrected chi connectivity index (χ3v) is 6.57. The predicted molar refractivity (Wildman–Crippen MR) is 86.6 cm³/mol. The first-order valence-electron chi connectivity index (χ1n) is 7.20. The molecule has 0 radical (unpaired) electrons. The van der Waals surface area contributed by atoms with Crippen molar-refractivity contribution in [2.75, 3.05) is 11.5 Å². The Hall–Kier alpha value is -1.54. The number of thiazole rings is 1. The van der Waals surface area contributed by atoms with Crippen LogP contribution in [0.3, 0.4) is 0 Å². The maximum absolute atomic E-state index is 11.6. The second-order valence-electron chi connectivity index (χ2n) is 5.58. The van der Waals surface area contributed by atoms with E-state index in [9.17, 15) is 8.42 Å². The third kappa shape index (κ3) is 3.27. The SMILES string of the molecule is C=C(CC)Cn1cc(-c2csc(C3CCS(=O)(=O)C3)n2)nn1. The fraction of sp³-hybridized carbons (Fsp3) is 0.500. The molecule has 22 heavy (non-hydrogen) atoms. The van der Waals surface area contributed by atoms with Crippen LogP contribution in [0.4, 0.5) is 0 Å². The number of allylic oxidation sites excluding steroid dienone is 1. The molecule has 1 unspecified atom stereocenters. The van der Waals surface area contributed by atoms with Crippen LogP contribution in [0, 0.1) is 0 Å². The van der Waals surface area contributed by atoms with Gasteiger partial charge in [0, 0.05) is 11.3 Å². The molecule has 0 N–H and O–H groups in total. The van der Waals surface area contributed by atoms with E-state index in [1.54, 1.807) is 4.68 Å². The van der Waals surface area contributed by atoms with Gasteiger partial charge in [0.15, 0.2) is 9.84 Å². The summed E-state index contributed by atoms with van der Waals surface area (Å²) in [7, 11) is -2.89. The lowest BCUT2D eigenvalue weighted by molar-refractivity contribution is 0.601. The van der Waals surface area contributed by atoms with Gasteiger partial charge in [0.05, 0.1) is 29.3 Å². The van der Waals surface area contributed by atoms with E-state index in [1.165, 1.54) is 11.3 Å². The highest BCUT2D eigenvalue weighted by Crippen LogP contribution is 2.32. The minimum absolute atomic E-state index is 0.0265. The summed E-state index contributed by atoms with van der Waals surface area (Å²) in [6, 6.07) is 0. The summed E-state index contributed by atoms with van der Waals surface area (Å²) in [5.41, 5.74) is 2.57. The van der Waals surface area contributed by atoms with Crippen molar-refractivity contribution in [3.8, 4) is 11.4 Å². The van der Waals surface area contributed by atoms with Gasteiger partial charge < -0.3 is 0 Å². The molecule has 0 bridgehead atoms. The van der Waals surface area contributed by atoms with Gasteiger partial charge in [-0.05, 0) is 12.8 Å². The molecule has 3 rings (SSSR count). The molecule has 1 aliphatic rings. The van der Waals surface area contributed by atoms with Gasteiger partial charge in [-0.1, -0.05) is 24.3 Å². The van der Waals surface area contributed by atoms with Crippen molar-refractivity contribution in [3.63, 3.8) is 0 Å². The Morgan fingerprint density at radius 3 is 3.00 bits per heavy atom. The zero-order chi connectivity index (χ0) is 15.7.